The molecule has 0 unspecified atom stereocenters. The summed E-state index contributed by atoms with van der Waals surface area (Å²) in [6.45, 7) is 2.74. The fraction of sp³-hybridized carbons (Fsp3) is 0.235. The van der Waals surface area contributed by atoms with Gasteiger partial charge in [0.1, 0.15) is 5.75 Å². The van der Waals surface area contributed by atoms with Crippen molar-refractivity contribution >= 4 is 11.7 Å². The van der Waals surface area contributed by atoms with Gasteiger partial charge in [0, 0.05) is 6.54 Å². The number of methoxy groups -OCH3 is 1. The summed E-state index contributed by atoms with van der Waals surface area (Å²) in [5.74, 6) is -0.316. The molecule has 0 fully saturated rings. The van der Waals surface area contributed by atoms with Crippen molar-refractivity contribution in [3.05, 3.63) is 59.2 Å². The van der Waals surface area contributed by atoms with Crippen molar-refractivity contribution in [2.75, 3.05) is 12.4 Å². The van der Waals surface area contributed by atoms with E-state index in [1.165, 1.54) is 17.2 Å². The van der Waals surface area contributed by atoms with Gasteiger partial charge in [-0.1, -0.05) is 31.2 Å². The van der Waals surface area contributed by atoms with Crippen LogP contribution in [0.4, 0.5) is 5.69 Å². The highest BCUT2D eigenvalue weighted by Gasteiger charge is 2.09. The lowest BCUT2D eigenvalue weighted by Gasteiger charge is -2.14. The molecule has 2 N–H and O–H groups in total. The van der Waals surface area contributed by atoms with Crippen molar-refractivity contribution in [3.8, 4) is 5.75 Å². The second-order valence-electron chi connectivity index (χ2n) is 4.70. The Morgan fingerprint density at radius 3 is 2.52 bits per heavy atom. The average molecular weight is 285 g/mol. The van der Waals surface area contributed by atoms with Crippen LogP contribution in [0.5, 0.6) is 5.75 Å². The van der Waals surface area contributed by atoms with E-state index < -0.39 is 5.97 Å². The largest absolute Gasteiger partial charge is 0.495 e. The van der Waals surface area contributed by atoms with Crippen LogP contribution in [0.1, 0.15) is 28.4 Å². The molecule has 0 atom stereocenters. The molecule has 0 aliphatic rings. The second kappa shape index (κ2) is 6.79. The van der Waals surface area contributed by atoms with Crippen LogP contribution in [0.2, 0.25) is 0 Å². The highest BCUT2D eigenvalue weighted by atomic mass is 16.5. The summed E-state index contributed by atoms with van der Waals surface area (Å²) >= 11 is 0. The van der Waals surface area contributed by atoms with Crippen molar-refractivity contribution in [1.82, 2.24) is 0 Å². The number of hydrogen-bond acceptors (Lipinski definition) is 3. The number of anilines is 1. The lowest BCUT2D eigenvalue weighted by molar-refractivity contribution is 0.0697. The molecule has 2 aromatic carbocycles. The molecule has 0 saturated carbocycles. The summed E-state index contributed by atoms with van der Waals surface area (Å²) < 4.78 is 5.27. The molecule has 110 valence electrons. The molecule has 2 rings (SSSR count). The number of aryl methyl sites for hydroxylation is 1. The van der Waals surface area contributed by atoms with Crippen molar-refractivity contribution in [3.63, 3.8) is 0 Å². The quantitative estimate of drug-likeness (QED) is 0.852. The molecule has 4 nitrogen and oxygen atoms in total. The Kier molecular flexibility index (Phi) is 4.82. The molecule has 0 saturated heterocycles. The predicted molar refractivity (Wildman–Crippen MR) is 83.1 cm³/mol. The highest BCUT2D eigenvalue weighted by molar-refractivity contribution is 5.89. The fourth-order valence-corrected chi connectivity index (χ4v) is 2.24. The molecule has 0 amide bonds. The van der Waals surface area contributed by atoms with Gasteiger partial charge in [0.2, 0.25) is 0 Å². The van der Waals surface area contributed by atoms with E-state index in [0.717, 1.165) is 6.42 Å². The van der Waals surface area contributed by atoms with Crippen molar-refractivity contribution in [1.29, 1.82) is 0 Å². The number of rotatable bonds is 6. The zero-order chi connectivity index (χ0) is 15.2. The highest BCUT2D eigenvalue weighted by Crippen LogP contribution is 2.26. The van der Waals surface area contributed by atoms with Gasteiger partial charge < -0.3 is 15.2 Å². The van der Waals surface area contributed by atoms with Crippen LogP contribution in [0, 0.1) is 0 Å². The summed E-state index contributed by atoms with van der Waals surface area (Å²) in [6.07, 6.45) is 0.962. The van der Waals surface area contributed by atoms with E-state index in [0.29, 0.717) is 18.0 Å². The average Bonchev–Trinajstić information content (AvgIpc) is 2.52. The molecule has 0 spiro atoms. The Labute approximate surface area is 124 Å². The van der Waals surface area contributed by atoms with Crippen LogP contribution in [-0.2, 0) is 13.0 Å². The summed E-state index contributed by atoms with van der Waals surface area (Å²) in [5.41, 5.74) is 3.39. The van der Waals surface area contributed by atoms with Gasteiger partial charge in [-0.25, -0.2) is 4.79 Å². The zero-order valence-corrected chi connectivity index (χ0v) is 12.2. The third-order valence-corrected chi connectivity index (χ3v) is 3.42. The summed E-state index contributed by atoms with van der Waals surface area (Å²) in [4.78, 5) is 11.1. The summed E-state index contributed by atoms with van der Waals surface area (Å²) in [6, 6.07) is 13.0. The lowest BCUT2D eigenvalue weighted by atomic mass is 10.1. The standard InChI is InChI=1S/C17H19NO3/c1-3-12-6-4-5-7-14(12)11-18-15-10-13(17(19)20)8-9-16(15)21-2/h4-10,18H,3,11H2,1-2H3,(H,19,20). The normalized spacial score (nSPS) is 10.2. The molecule has 0 heterocycles. The Morgan fingerprint density at radius 1 is 1.19 bits per heavy atom. The topological polar surface area (TPSA) is 58.6 Å². The second-order valence-corrected chi connectivity index (χ2v) is 4.70. The van der Waals surface area contributed by atoms with Crippen molar-refractivity contribution in [2.24, 2.45) is 0 Å². The van der Waals surface area contributed by atoms with Crippen LogP contribution in [-0.4, -0.2) is 18.2 Å². The molecular formula is C17H19NO3. The molecule has 2 aromatic rings. The van der Waals surface area contributed by atoms with Crippen molar-refractivity contribution < 1.29 is 14.6 Å². The number of carbonyl (C=O) groups is 1. The number of hydrogen-bond donors (Lipinski definition) is 2. The monoisotopic (exact) mass is 285 g/mol. The Balaban J connectivity index is 2.22. The summed E-state index contributed by atoms with van der Waals surface area (Å²) in [5, 5.41) is 12.3. The molecule has 0 radical (unpaired) electrons. The van der Waals surface area contributed by atoms with Crippen LogP contribution in [0.15, 0.2) is 42.5 Å². The van der Waals surface area contributed by atoms with Crippen LogP contribution < -0.4 is 10.1 Å². The maximum Gasteiger partial charge on any atom is 0.335 e. The number of benzene rings is 2. The summed E-state index contributed by atoms with van der Waals surface area (Å²) in [7, 11) is 1.57. The molecule has 0 aliphatic heterocycles. The van der Waals surface area contributed by atoms with Gasteiger partial charge in [-0.3, -0.25) is 0 Å². The van der Waals surface area contributed by atoms with Crippen molar-refractivity contribution in [2.45, 2.75) is 19.9 Å². The van der Waals surface area contributed by atoms with Crippen LogP contribution in [0.25, 0.3) is 0 Å². The van der Waals surface area contributed by atoms with Crippen LogP contribution in [0.3, 0.4) is 0 Å². The molecule has 21 heavy (non-hydrogen) atoms. The van der Waals surface area contributed by atoms with Gasteiger partial charge >= 0.3 is 5.97 Å². The molecule has 0 aromatic heterocycles. The van der Waals surface area contributed by atoms with E-state index in [4.69, 9.17) is 9.84 Å². The SMILES string of the molecule is CCc1ccccc1CNc1cc(C(=O)O)ccc1OC. The van der Waals surface area contributed by atoms with E-state index in [-0.39, 0.29) is 5.56 Å². The van der Waals surface area contributed by atoms with Gasteiger partial charge in [0.25, 0.3) is 0 Å². The lowest BCUT2D eigenvalue weighted by Crippen LogP contribution is -2.05. The fourth-order valence-electron chi connectivity index (χ4n) is 2.24. The number of carboxylic acid groups (broad SMARTS) is 1. The first kappa shape index (κ1) is 14.9. The minimum Gasteiger partial charge on any atom is -0.495 e. The van der Waals surface area contributed by atoms with Gasteiger partial charge in [0.05, 0.1) is 18.4 Å². The van der Waals surface area contributed by atoms with E-state index in [9.17, 15) is 4.79 Å². The smallest absolute Gasteiger partial charge is 0.335 e. The van der Waals surface area contributed by atoms with Gasteiger partial charge in [-0.15, -0.1) is 0 Å². The third kappa shape index (κ3) is 3.54. The number of carboxylic acids is 1. The van der Waals surface area contributed by atoms with Crippen LogP contribution >= 0.6 is 0 Å². The van der Waals surface area contributed by atoms with E-state index in [2.05, 4.69) is 24.4 Å². The first-order valence-electron chi connectivity index (χ1n) is 6.87. The third-order valence-electron chi connectivity index (χ3n) is 3.42. The minimum atomic E-state index is -0.949. The van der Waals surface area contributed by atoms with E-state index >= 15 is 0 Å². The maximum absolute atomic E-state index is 11.1. The Hall–Kier alpha value is -2.49. The molecular weight excluding hydrogens is 266 g/mol. The molecule has 0 aliphatic carbocycles. The molecule has 4 heteroatoms. The predicted octanol–water partition coefficient (Wildman–Crippen LogP) is 3.57. The first-order chi connectivity index (χ1) is 10.2. The number of ether oxygens (including phenoxy) is 1. The molecule has 0 bridgehead atoms. The Morgan fingerprint density at radius 2 is 1.90 bits per heavy atom. The van der Waals surface area contributed by atoms with E-state index in [1.807, 2.05) is 12.1 Å². The van der Waals surface area contributed by atoms with Gasteiger partial charge in [-0.2, -0.15) is 0 Å². The van der Waals surface area contributed by atoms with Gasteiger partial charge in [0.15, 0.2) is 0 Å². The number of nitrogens with one attached hydrogen (secondary N) is 1. The number of aromatic carboxylic acids is 1. The zero-order valence-electron chi connectivity index (χ0n) is 12.2. The minimum absolute atomic E-state index is 0.238. The maximum atomic E-state index is 11.1. The Bertz CT molecular complexity index is 638. The van der Waals surface area contributed by atoms with Gasteiger partial charge in [-0.05, 0) is 35.7 Å². The first-order valence-corrected chi connectivity index (χ1v) is 6.87. The van der Waals surface area contributed by atoms with E-state index in [1.54, 1.807) is 19.2 Å².